The maximum Gasteiger partial charge on any atom is 0.335 e. The molecule has 182 valence electrons. The molecule has 3 aromatic carbocycles. The van der Waals surface area contributed by atoms with Crippen molar-refractivity contribution in [3.05, 3.63) is 106 Å². The molecule has 0 bridgehead atoms. The van der Waals surface area contributed by atoms with Crippen LogP contribution in [0.1, 0.15) is 11.1 Å². The normalized spacial score (nSPS) is 14.6. The number of carbonyl (C=O) groups is 3. The fraction of sp³-hybridized carbons (Fsp3) is 0.0741. The fourth-order valence-electron chi connectivity index (χ4n) is 3.40. The van der Waals surface area contributed by atoms with Crippen molar-refractivity contribution >= 4 is 52.8 Å². The summed E-state index contributed by atoms with van der Waals surface area (Å²) >= 11 is 12.0. The van der Waals surface area contributed by atoms with Gasteiger partial charge in [0, 0.05) is 15.6 Å². The quantitative estimate of drug-likeness (QED) is 0.229. The Hall–Kier alpha value is -4.07. The summed E-state index contributed by atoms with van der Waals surface area (Å²) in [6.45, 7) is 4.14. The molecular weight excluding hydrogens is 503 g/mol. The van der Waals surface area contributed by atoms with Gasteiger partial charge in [-0.2, -0.15) is 0 Å². The zero-order chi connectivity index (χ0) is 25.7. The number of imide groups is 2. The molecule has 9 heteroatoms. The lowest BCUT2D eigenvalue weighted by molar-refractivity contribution is -0.122. The van der Waals surface area contributed by atoms with Gasteiger partial charge in [0.15, 0.2) is 0 Å². The molecule has 1 N–H and O–H groups in total. The number of amides is 4. The zero-order valence-electron chi connectivity index (χ0n) is 18.9. The van der Waals surface area contributed by atoms with Gasteiger partial charge in [0.1, 0.15) is 30.3 Å². The molecule has 7 nitrogen and oxygen atoms in total. The van der Waals surface area contributed by atoms with Gasteiger partial charge in [-0.1, -0.05) is 48.0 Å². The first-order valence-corrected chi connectivity index (χ1v) is 11.5. The van der Waals surface area contributed by atoms with Crippen LogP contribution in [-0.4, -0.2) is 24.5 Å². The summed E-state index contributed by atoms with van der Waals surface area (Å²) in [4.78, 5) is 39.2. The van der Waals surface area contributed by atoms with Crippen molar-refractivity contribution in [3.63, 3.8) is 0 Å². The number of hydrogen-bond acceptors (Lipinski definition) is 5. The topological polar surface area (TPSA) is 84.9 Å². The second-order valence-electron chi connectivity index (χ2n) is 7.65. The van der Waals surface area contributed by atoms with E-state index in [0.717, 1.165) is 10.5 Å². The van der Waals surface area contributed by atoms with Crippen LogP contribution in [0.25, 0.3) is 6.08 Å². The molecule has 4 amide bonds. The lowest BCUT2D eigenvalue weighted by Crippen LogP contribution is -2.54. The summed E-state index contributed by atoms with van der Waals surface area (Å²) < 4.78 is 11.4. The van der Waals surface area contributed by atoms with Crippen LogP contribution >= 0.6 is 23.2 Å². The van der Waals surface area contributed by atoms with Crippen molar-refractivity contribution in [2.24, 2.45) is 0 Å². The molecule has 0 spiro atoms. The predicted octanol–water partition coefficient (Wildman–Crippen LogP) is 5.80. The van der Waals surface area contributed by atoms with Crippen LogP contribution in [0.5, 0.6) is 11.5 Å². The van der Waals surface area contributed by atoms with Gasteiger partial charge >= 0.3 is 6.03 Å². The molecule has 1 saturated heterocycles. The molecule has 1 heterocycles. The van der Waals surface area contributed by atoms with Gasteiger partial charge in [0.05, 0.1) is 5.69 Å². The van der Waals surface area contributed by atoms with Crippen LogP contribution in [0, 0.1) is 0 Å². The van der Waals surface area contributed by atoms with E-state index in [2.05, 4.69) is 11.9 Å². The highest BCUT2D eigenvalue weighted by Crippen LogP contribution is 2.29. The van der Waals surface area contributed by atoms with Gasteiger partial charge in [-0.25, -0.2) is 9.69 Å². The Bertz CT molecular complexity index is 1350. The molecule has 3 aromatic rings. The summed E-state index contributed by atoms with van der Waals surface area (Å²) in [6, 6.07) is 17.6. The van der Waals surface area contributed by atoms with E-state index in [1.54, 1.807) is 60.7 Å². The second kappa shape index (κ2) is 11.1. The highest BCUT2D eigenvalue weighted by atomic mass is 35.5. The number of nitrogens with one attached hydrogen (secondary N) is 1. The van der Waals surface area contributed by atoms with Crippen molar-refractivity contribution in [2.45, 2.75) is 6.61 Å². The lowest BCUT2D eigenvalue weighted by atomic mass is 10.1. The molecule has 0 saturated carbocycles. The Morgan fingerprint density at radius 2 is 1.58 bits per heavy atom. The first-order chi connectivity index (χ1) is 17.4. The Morgan fingerprint density at radius 3 is 2.28 bits per heavy atom. The smallest absolute Gasteiger partial charge is 0.335 e. The van der Waals surface area contributed by atoms with Gasteiger partial charge < -0.3 is 9.47 Å². The number of barbiturate groups is 1. The third-order valence-electron chi connectivity index (χ3n) is 5.14. The molecule has 0 aliphatic carbocycles. The summed E-state index contributed by atoms with van der Waals surface area (Å²) in [7, 11) is 0. The Labute approximate surface area is 217 Å². The molecule has 1 fully saturated rings. The number of anilines is 1. The Balaban J connectivity index is 1.56. The van der Waals surface area contributed by atoms with Gasteiger partial charge in [-0.15, -0.1) is 0 Å². The molecular formula is C27H20Cl2N2O5. The van der Waals surface area contributed by atoms with Crippen molar-refractivity contribution in [3.8, 4) is 11.5 Å². The number of rotatable bonds is 8. The summed E-state index contributed by atoms with van der Waals surface area (Å²) in [6.07, 6.45) is 2.90. The number of urea groups is 1. The molecule has 0 unspecified atom stereocenters. The van der Waals surface area contributed by atoms with Crippen LogP contribution < -0.4 is 19.7 Å². The van der Waals surface area contributed by atoms with E-state index >= 15 is 0 Å². The number of halogens is 2. The number of hydrogen-bond donors (Lipinski definition) is 1. The van der Waals surface area contributed by atoms with Gasteiger partial charge in [-0.05, 0) is 66.2 Å². The van der Waals surface area contributed by atoms with E-state index in [0.29, 0.717) is 33.7 Å². The van der Waals surface area contributed by atoms with E-state index in [1.165, 1.54) is 6.08 Å². The van der Waals surface area contributed by atoms with E-state index in [9.17, 15) is 14.4 Å². The standard InChI is InChI=1S/C27H20Cl2N2O5/c1-2-13-35-24-12-7-20(29)14-18(24)15-23-25(32)30-27(34)31(26(23)33)21-8-10-22(11-9-21)36-16-17-3-5-19(28)6-4-17/h2-12,14-15H,1,13,16H2,(H,30,32,34)/b23-15+. The summed E-state index contributed by atoms with van der Waals surface area (Å²) in [5.74, 6) is -0.668. The Morgan fingerprint density at radius 1 is 0.889 bits per heavy atom. The van der Waals surface area contributed by atoms with E-state index in [1.807, 2.05) is 12.1 Å². The SMILES string of the molecule is C=CCOc1ccc(Cl)cc1/C=C1\C(=O)NC(=O)N(c2ccc(OCc3ccc(Cl)cc3)cc2)C1=O. The van der Waals surface area contributed by atoms with Crippen molar-refractivity contribution < 1.29 is 23.9 Å². The summed E-state index contributed by atoms with van der Waals surface area (Å²) in [5.41, 5.74) is 1.36. The van der Waals surface area contributed by atoms with Crippen molar-refractivity contribution in [1.29, 1.82) is 0 Å². The average molecular weight is 523 g/mol. The number of nitrogens with zero attached hydrogens (tertiary/aromatic N) is 1. The zero-order valence-corrected chi connectivity index (χ0v) is 20.4. The second-order valence-corrected chi connectivity index (χ2v) is 8.52. The molecule has 36 heavy (non-hydrogen) atoms. The van der Waals surface area contributed by atoms with Gasteiger partial charge in [-0.3, -0.25) is 14.9 Å². The highest BCUT2D eigenvalue weighted by Gasteiger charge is 2.37. The lowest BCUT2D eigenvalue weighted by Gasteiger charge is -2.26. The van der Waals surface area contributed by atoms with Crippen LogP contribution in [0.4, 0.5) is 10.5 Å². The van der Waals surface area contributed by atoms with E-state index in [4.69, 9.17) is 32.7 Å². The molecule has 4 rings (SSSR count). The monoisotopic (exact) mass is 522 g/mol. The minimum Gasteiger partial charge on any atom is -0.489 e. The maximum atomic E-state index is 13.2. The van der Waals surface area contributed by atoms with Gasteiger partial charge in [0.25, 0.3) is 11.8 Å². The number of carbonyl (C=O) groups excluding carboxylic acids is 3. The maximum absolute atomic E-state index is 13.2. The number of ether oxygens (including phenoxy) is 2. The first kappa shape index (κ1) is 25.0. The minimum absolute atomic E-state index is 0.217. The molecule has 1 aliphatic heterocycles. The number of benzene rings is 3. The van der Waals surface area contributed by atoms with E-state index in [-0.39, 0.29) is 17.9 Å². The largest absolute Gasteiger partial charge is 0.489 e. The predicted molar refractivity (Wildman–Crippen MR) is 138 cm³/mol. The first-order valence-electron chi connectivity index (χ1n) is 10.8. The van der Waals surface area contributed by atoms with Crippen LogP contribution in [-0.2, 0) is 16.2 Å². The fourth-order valence-corrected chi connectivity index (χ4v) is 3.70. The molecule has 1 aliphatic rings. The molecule has 0 aromatic heterocycles. The van der Waals surface area contributed by atoms with Crippen LogP contribution in [0.3, 0.4) is 0 Å². The third kappa shape index (κ3) is 5.76. The van der Waals surface area contributed by atoms with Crippen molar-refractivity contribution in [2.75, 3.05) is 11.5 Å². The highest BCUT2D eigenvalue weighted by molar-refractivity contribution is 6.39. The molecule has 0 atom stereocenters. The van der Waals surface area contributed by atoms with E-state index < -0.39 is 17.8 Å². The van der Waals surface area contributed by atoms with Gasteiger partial charge in [0.2, 0.25) is 0 Å². The minimum atomic E-state index is -0.855. The summed E-state index contributed by atoms with van der Waals surface area (Å²) in [5, 5.41) is 3.22. The van der Waals surface area contributed by atoms with Crippen LogP contribution in [0.2, 0.25) is 10.0 Å². The Kier molecular flexibility index (Phi) is 7.73. The average Bonchev–Trinajstić information content (AvgIpc) is 2.86. The third-order valence-corrected chi connectivity index (χ3v) is 5.63. The molecule has 0 radical (unpaired) electrons. The van der Waals surface area contributed by atoms with Crippen molar-refractivity contribution in [1.82, 2.24) is 5.32 Å². The van der Waals surface area contributed by atoms with Crippen LogP contribution in [0.15, 0.2) is 85.0 Å².